The van der Waals surface area contributed by atoms with E-state index < -0.39 is 17.7 Å². The molecule has 0 spiro atoms. The summed E-state index contributed by atoms with van der Waals surface area (Å²) in [4.78, 5) is 31.9. The largest absolute Gasteiger partial charge is 0.507 e. The van der Waals surface area contributed by atoms with E-state index in [2.05, 4.69) is 25.8 Å². The average Bonchev–Trinajstić information content (AvgIpc) is 3.46. The quantitative estimate of drug-likeness (QED) is 0.169. The molecule has 1 atom stereocenters. The van der Waals surface area contributed by atoms with Gasteiger partial charge in [0, 0.05) is 22.7 Å². The van der Waals surface area contributed by atoms with Crippen molar-refractivity contribution in [2.45, 2.75) is 45.6 Å². The molecular formula is C32H32N2O4. The summed E-state index contributed by atoms with van der Waals surface area (Å²) in [6.45, 7) is 8.87. The predicted molar refractivity (Wildman–Crippen MR) is 150 cm³/mol. The summed E-state index contributed by atoms with van der Waals surface area (Å²) in [7, 11) is 0. The summed E-state index contributed by atoms with van der Waals surface area (Å²) in [6, 6.07) is 21.8. The lowest BCUT2D eigenvalue weighted by Crippen LogP contribution is -2.30. The van der Waals surface area contributed by atoms with Crippen LogP contribution in [0, 0.1) is 0 Å². The van der Waals surface area contributed by atoms with Crippen LogP contribution in [0.4, 0.5) is 5.69 Å². The smallest absolute Gasteiger partial charge is 0.300 e. The molecule has 0 aliphatic carbocycles. The van der Waals surface area contributed by atoms with Crippen LogP contribution >= 0.6 is 0 Å². The molecule has 4 aromatic rings. The molecule has 2 N–H and O–H groups in total. The van der Waals surface area contributed by atoms with Crippen LogP contribution in [0.5, 0.6) is 5.75 Å². The molecule has 1 amide bonds. The molecule has 6 nitrogen and oxygen atoms in total. The molecule has 5 rings (SSSR count). The number of nitrogens with zero attached hydrogens (tertiary/aromatic N) is 1. The number of hydrogen-bond acceptors (Lipinski definition) is 4. The third kappa shape index (κ3) is 4.36. The van der Waals surface area contributed by atoms with Crippen molar-refractivity contribution in [3.05, 3.63) is 101 Å². The van der Waals surface area contributed by atoms with E-state index in [1.807, 2.05) is 67.6 Å². The van der Waals surface area contributed by atoms with Crippen molar-refractivity contribution in [1.29, 1.82) is 0 Å². The highest BCUT2D eigenvalue weighted by atomic mass is 16.5. The van der Waals surface area contributed by atoms with Gasteiger partial charge >= 0.3 is 0 Å². The third-order valence-electron chi connectivity index (χ3n) is 6.97. The monoisotopic (exact) mass is 508 g/mol. The molecule has 2 heterocycles. The van der Waals surface area contributed by atoms with E-state index in [-0.39, 0.29) is 16.7 Å². The number of ether oxygens (including phenoxy) is 1. The summed E-state index contributed by atoms with van der Waals surface area (Å²) in [6.07, 6.45) is 2.47. The Morgan fingerprint density at radius 1 is 0.974 bits per heavy atom. The Hall–Kier alpha value is -4.32. The van der Waals surface area contributed by atoms with Crippen molar-refractivity contribution < 1.29 is 19.4 Å². The number of amides is 1. The van der Waals surface area contributed by atoms with Gasteiger partial charge in [-0.1, -0.05) is 82.3 Å². The zero-order valence-electron chi connectivity index (χ0n) is 22.1. The minimum atomic E-state index is -0.830. The van der Waals surface area contributed by atoms with Crippen molar-refractivity contribution in [3.63, 3.8) is 0 Å². The Labute approximate surface area is 222 Å². The van der Waals surface area contributed by atoms with E-state index in [1.54, 1.807) is 18.3 Å². The molecule has 1 saturated heterocycles. The summed E-state index contributed by atoms with van der Waals surface area (Å²) < 4.78 is 5.97. The second-order valence-electron chi connectivity index (χ2n) is 10.6. The minimum absolute atomic E-state index is 0.0496. The van der Waals surface area contributed by atoms with Crippen LogP contribution < -0.4 is 9.64 Å². The molecule has 1 aliphatic rings. The summed E-state index contributed by atoms with van der Waals surface area (Å²) in [5.41, 5.74) is 3.63. The van der Waals surface area contributed by atoms with Gasteiger partial charge in [-0.25, -0.2) is 0 Å². The maximum absolute atomic E-state index is 13.7. The zero-order chi connectivity index (χ0) is 27.0. The molecule has 1 unspecified atom stereocenters. The van der Waals surface area contributed by atoms with Crippen LogP contribution in [0.3, 0.4) is 0 Å². The first kappa shape index (κ1) is 25.3. The molecule has 1 aliphatic heterocycles. The number of aliphatic hydroxyl groups is 1. The minimum Gasteiger partial charge on any atom is -0.507 e. The number of fused-ring (bicyclic) bond motifs is 1. The molecule has 6 heteroatoms. The number of benzene rings is 3. The van der Waals surface area contributed by atoms with Crippen LogP contribution in [0.1, 0.15) is 56.8 Å². The van der Waals surface area contributed by atoms with Gasteiger partial charge < -0.3 is 14.8 Å². The Bertz CT molecular complexity index is 1540. The Kier molecular flexibility index (Phi) is 6.57. The normalized spacial score (nSPS) is 17.4. The lowest BCUT2D eigenvalue weighted by atomic mass is 9.85. The lowest BCUT2D eigenvalue weighted by Gasteiger charge is -2.28. The fourth-order valence-corrected chi connectivity index (χ4v) is 4.96. The van der Waals surface area contributed by atoms with Crippen molar-refractivity contribution in [2.75, 3.05) is 11.5 Å². The van der Waals surface area contributed by atoms with Gasteiger partial charge in [0.2, 0.25) is 0 Å². The fourth-order valence-electron chi connectivity index (χ4n) is 4.96. The number of nitrogens with one attached hydrogen (secondary N) is 1. The molecule has 194 valence electrons. The number of H-pyrrole nitrogens is 1. The third-order valence-corrected chi connectivity index (χ3v) is 6.97. The number of carbonyl (C=O) groups is 2. The van der Waals surface area contributed by atoms with Crippen LogP contribution in [0.15, 0.2) is 84.6 Å². The average molecular weight is 509 g/mol. The second kappa shape index (κ2) is 9.86. The van der Waals surface area contributed by atoms with Gasteiger partial charge in [-0.2, -0.15) is 0 Å². The maximum atomic E-state index is 13.7. The van der Waals surface area contributed by atoms with E-state index >= 15 is 0 Å². The highest BCUT2D eigenvalue weighted by Gasteiger charge is 2.48. The van der Waals surface area contributed by atoms with E-state index in [1.165, 1.54) is 4.90 Å². The SMILES string of the molecule is CCCOc1ccccc1N1C(=O)C(=O)/C(=C(\O)c2c[nH]c3ccccc23)C1c1ccc(C(C)(C)C)cc1. The number of aromatic amines is 1. The first-order valence-electron chi connectivity index (χ1n) is 12.9. The highest BCUT2D eigenvalue weighted by molar-refractivity contribution is 6.52. The molecule has 1 fully saturated rings. The molecule has 38 heavy (non-hydrogen) atoms. The topological polar surface area (TPSA) is 82.6 Å². The van der Waals surface area contributed by atoms with Crippen LogP contribution in [0.2, 0.25) is 0 Å². The molecule has 0 bridgehead atoms. The number of carbonyl (C=O) groups excluding carboxylic acids is 2. The summed E-state index contributed by atoms with van der Waals surface area (Å²) >= 11 is 0. The first-order valence-corrected chi connectivity index (χ1v) is 12.9. The van der Waals surface area contributed by atoms with Gasteiger partial charge in [0.1, 0.15) is 11.5 Å². The number of hydrogen-bond donors (Lipinski definition) is 2. The maximum Gasteiger partial charge on any atom is 0.300 e. The summed E-state index contributed by atoms with van der Waals surface area (Å²) in [5.74, 6) is -1.13. The van der Waals surface area contributed by atoms with Gasteiger partial charge in [0.15, 0.2) is 0 Å². The lowest BCUT2D eigenvalue weighted by molar-refractivity contribution is -0.132. The van der Waals surface area contributed by atoms with Crippen molar-refractivity contribution >= 4 is 34.0 Å². The van der Waals surface area contributed by atoms with E-state index in [0.717, 1.165) is 28.5 Å². The van der Waals surface area contributed by atoms with Crippen LogP contribution in [0.25, 0.3) is 16.7 Å². The van der Waals surface area contributed by atoms with Gasteiger partial charge in [-0.05, 0) is 41.2 Å². The van der Waals surface area contributed by atoms with Crippen molar-refractivity contribution in [1.82, 2.24) is 4.98 Å². The van der Waals surface area contributed by atoms with Gasteiger partial charge in [0.05, 0.1) is 23.9 Å². The highest BCUT2D eigenvalue weighted by Crippen LogP contribution is 2.45. The fraction of sp³-hybridized carbons (Fsp3) is 0.250. The number of rotatable bonds is 6. The van der Waals surface area contributed by atoms with Crippen LogP contribution in [-0.4, -0.2) is 28.4 Å². The standard InChI is InChI=1S/C32H32N2O4/c1-5-18-38-26-13-9-8-12-25(26)34-28(20-14-16-21(17-15-20)32(2,3)4)27(30(36)31(34)37)29(35)23-19-33-24-11-7-6-10-22(23)24/h6-17,19,28,33,35H,5,18H2,1-4H3/b29-27-. The molecule has 0 radical (unpaired) electrons. The predicted octanol–water partition coefficient (Wildman–Crippen LogP) is 6.88. The van der Waals surface area contributed by atoms with Crippen molar-refractivity contribution in [2.24, 2.45) is 0 Å². The Morgan fingerprint density at radius 2 is 1.66 bits per heavy atom. The molecular weight excluding hydrogens is 476 g/mol. The Balaban J connectivity index is 1.73. The van der Waals surface area contributed by atoms with Gasteiger partial charge in [-0.15, -0.1) is 0 Å². The number of aromatic nitrogens is 1. The first-order chi connectivity index (χ1) is 18.2. The Morgan fingerprint density at radius 3 is 2.37 bits per heavy atom. The summed E-state index contributed by atoms with van der Waals surface area (Å²) in [5, 5.41) is 12.4. The van der Waals surface area contributed by atoms with E-state index in [4.69, 9.17) is 4.74 Å². The van der Waals surface area contributed by atoms with E-state index in [9.17, 15) is 14.7 Å². The molecule has 1 aromatic heterocycles. The second-order valence-corrected chi connectivity index (χ2v) is 10.6. The van der Waals surface area contributed by atoms with Crippen molar-refractivity contribution in [3.8, 4) is 5.75 Å². The number of Topliss-reactive ketones (excluding diaryl/α,β-unsaturated/α-hetero) is 1. The van der Waals surface area contributed by atoms with Gasteiger partial charge in [-0.3, -0.25) is 14.5 Å². The number of aliphatic hydroxyl groups excluding tert-OH is 1. The number of para-hydroxylation sites is 3. The number of anilines is 1. The molecule has 0 saturated carbocycles. The van der Waals surface area contributed by atoms with Gasteiger partial charge in [0.25, 0.3) is 11.7 Å². The molecule has 3 aromatic carbocycles. The van der Waals surface area contributed by atoms with Crippen LogP contribution in [-0.2, 0) is 15.0 Å². The number of ketones is 1. The zero-order valence-corrected chi connectivity index (χ0v) is 22.1. The van der Waals surface area contributed by atoms with E-state index in [0.29, 0.717) is 23.6 Å².